The number of ketones is 1. The van der Waals surface area contributed by atoms with Crippen molar-refractivity contribution in [1.29, 1.82) is 5.26 Å². The van der Waals surface area contributed by atoms with Crippen molar-refractivity contribution in [3.05, 3.63) is 22.8 Å². The van der Waals surface area contributed by atoms with Crippen LogP contribution in [0, 0.1) is 28.6 Å². The molecule has 0 bridgehead atoms. The molecule has 4 unspecified atom stereocenters. The molecule has 0 aromatic carbocycles. The van der Waals surface area contributed by atoms with E-state index in [-0.39, 0.29) is 11.8 Å². The van der Waals surface area contributed by atoms with Crippen LogP contribution in [-0.4, -0.2) is 16.5 Å². The van der Waals surface area contributed by atoms with Crippen LogP contribution < -0.4 is 0 Å². The molecule has 4 rings (SSSR count). The fourth-order valence-corrected chi connectivity index (χ4v) is 5.94. The highest BCUT2D eigenvalue weighted by Crippen LogP contribution is 2.63. The number of nitriles is 1. The molecule has 0 saturated heterocycles. The summed E-state index contributed by atoms with van der Waals surface area (Å²) >= 11 is 0. The first-order chi connectivity index (χ1) is 11.0. The molecule has 0 radical (unpaired) electrons. The SMILES string of the molecule is CC12CC=C3C4=C(CCC3C1CCC2(O)CC#N)CC(=O)CC4. The Morgan fingerprint density at radius 1 is 1.35 bits per heavy atom. The normalized spacial score (nSPS) is 42.5. The minimum atomic E-state index is -0.828. The maximum Gasteiger partial charge on any atom is 0.137 e. The lowest BCUT2D eigenvalue weighted by molar-refractivity contribution is -0.118. The zero-order valence-electron chi connectivity index (χ0n) is 13.9. The summed E-state index contributed by atoms with van der Waals surface area (Å²) in [4.78, 5) is 11.8. The van der Waals surface area contributed by atoms with E-state index in [4.69, 9.17) is 5.26 Å². The van der Waals surface area contributed by atoms with Gasteiger partial charge in [0.25, 0.3) is 0 Å². The summed E-state index contributed by atoms with van der Waals surface area (Å²) in [6, 6.07) is 2.21. The molecule has 1 saturated carbocycles. The van der Waals surface area contributed by atoms with Crippen molar-refractivity contribution in [2.75, 3.05) is 0 Å². The van der Waals surface area contributed by atoms with Gasteiger partial charge in [0.05, 0.1) is 18.1 Å². The molecule has 0 spiro atoms. The van der Waals surface area contributed by atoms with E-state index in [1.54, 1.807) is 0 Å². The summed E-state index contributed by atoms with van der Waals surface area (Å²) in [7, 11) is 0. The number of aliphatic hydroxyl groups is 1. The van der Waals surface area contributed by atoms with Crippen LogP contribution in [0.3, 0.4) is 0 Å². The second-order valence-electron chi connectivity index (χ2n) is 8.24. The van der Waals surface area contributed by atoms with E-state index in [0.29, 0.717) is 30.5 Å². The van der Waals surface area contributed by atoms with Crippen LogP contribution in [-0.2, 0) is 4.79 Å². The van der Waals surface area contributed by atoms with Crippen molar-refractivity contribution in [2.24, 2.45) is 17.3 Å². The van der Waals surface area contributed by atoms with Gasteiger partial charge < -0.3 is 5.11 Å². The standard InChI is InChI=1S/C20H25NO2/c1-19-8-6-16-15-5-3-14(22)12-13(15)2-4-17(16)18(19)7-9-20(19,23)10-11-21/h6,17-18,23H,2-5,7-10,12H2,1H3. The molecule has 0 amide bonds. The molecular weight excluding hydrogens is 286 g/mol. The van der Waals surface area contributed by atoms with Gasteiger partial charge in [-0.05, 0) is 61.5 Å². The molecule has 23 heavy (non-hydrogen) atoms. The van der Waals surface area contributed by atoms with E-state index >= 15 is 0 Å². The Labute approximate surface area is 138 Å². The third-order valence-electron chi connectivity index (χ3n) is 7.35. The van der Waals surface area contributed by atoms with Gasteiger partial charge in [0.15, 0.2) is 0 Å². The summed E-state index contributed by atoms with van der Waals surface area (Å²) in [5, 5.41) is 20.2. The van der Waals surface area contributed by atoms with Gasteiger partial charge >= 0.3 is 0 Å². The molecule has 0 aromatic heterocycles. The fourth-order valence-electron chi connectivity index (χ4n) is 5.94. The lowest BCUT2D eigenvalue weighted by Gasteiger charge is -2.50. The molecule has 1 N–H and O–H groups in total. The van der Waals surface area contributed by atoms with E-state index < -0.39 is 5.60 Å². The van der Waals surface area contributed by atoms with E-state index in [1.807, 2.05) is 0 Å². The summed E-state index contributed by atoms with van der Waals surface area (Å²) in [5.41, 5.74) is 3.35. The minimum Gasteiger partial charge on any atom is -0.388 e. The van der Waals surface area contributed by atoms with Crippen molar-refractivity contribution < 1.29 is 9.90 Å². The zero-order chi connectivity index (χ0) is 16.2. The first-order valence-corrected chi connectivity index (χ1v) is 9.01. The number of fused-ring (bicyclic) bond motifs is 4. The van der Waals surface area contributed by atoms with Gasteiger partial charge in [0.1, 0.15) is 5.78 Å². The first-order valence-electron chi connectivity index (χ1n) is 9.01. The van der Waals surface area contributed by atoms with Crippen molar-refractivity contribution in [3.8, 4) is 6.07 Å². The number of Topliss-reactive ketones (excluding diaryl/α,β-unsaturated/α-hetero) is 1. The highest BCUT2D eigenvalue weighted by molar-refractivity contribution is 5.83. The van der Waals surface area contributed by atoms with Crippen molar-refractivity contribution in [1.82, 2.24) is 0 Å². The second kappa shape index (κ2) is 5.05. The lowest BCUT2D eigenvalue weighted by Crippen LogP contribution is -2.48. The van der Waals surface area contributed by atoms with Crippen molar-refractivity contribution in [2.45, 2.75) is 70.3 Å². The first kappa shape index (κ1) is 15.1. The third kappa shape index (κ3) is 2.01. The van der Waals surface area contributed by atoms with Gasteiger partial charge in [-0.2, -0.15) is 5.26 Å². The molecule has 0 aliphatic heterocycles. The second-order valence-corrected chi connectivity index (χ2v) is 8.24. The Hall–Kier alpha value is -1.40. The number of nitrogens with zero attached hydrogens (tertiary/aromatic N) is 1. The van der Waals surface area contributed by atoms with Crippen molar-refractivity contribution in [3.63, 3.8) is 0 Å². The molecular formula is C20H25NO2. The van der Waals surface area contributed by atoms with Gasteiger partial charge in [-0.3, -0.25) is 4.79 Å². The third-order valence-corrected chi connectivity index (χ3v) is 7.35. The Morgan fingerprint density at radius 2 is 2.17 bits per heavy atom. The molecule has 0 heterocycles. The number of hydrogen-bond donors (Lipinski definition) is 1. The van der Waals surface area contributed by atoms with Crippen LogP contribution in [0.5, 0.6) is 0 Å². The van der Waals surface area contributed by atoms with Crippen LogP contribution in [0.2, 0.25) is 0 Å². The van der Waals surface area contributed by atoms with Gasteiger partial charge in [-0.1, -0.05) is 18.6 Å². The van der Waals surface area contributed by atoms with Gasteiger partial charge in [-0.25, -0.2) is 0 Å². The van der Waals surface area contributed by atoms with E-state index in [9.17, 15) is 9.90 Å². The smallest absolute Gasteiger partial charge is 0.137 e. The Bertz CT molecular complexity index is 668. The maximum atomic E-state index is 11.8. The highest BCUT2D eigenvalue weighted by atomic mass is 16.3. The number of hydrogen-bond acceptors (Lipinski definition) is 3. The maximum absolute atomic E-state index is 11.8. The predicted octanol–water partition coefficient (Wildman–Crippen LogP) is 3.84. The number of rotatable bonds is 1. The molecule has 1 fully saturated rings. The van der Waals surface area contributed by atoms with Gasteiger partial charge in [0.2, 0.25) is 0 Å². The number of carbonyl (C=O) groups is 1. The summed E-state index contributed by atoms with van der Waals surface area (Å²) in [6.45, 7) is 2.20. The zero-order valence-corrected chi connectivity index (χ0v) is 13.9. The van der Waals surface area contributed by atoms with Crippen LogP contribution in [0.4, 0.5) is 0 Å². The van der Waals surface area contributed by atoms with Crippen LogP contribution in [0.25, 0.3) is 0 Å². The van der Waals surface area contributed by atoms with Gasteiger partial charge in [0, 0.05) is 18.3 Å². The lowest BCUT2D eigenvalue weighted by atomic mass is 9.56. The Balaban J connectivity index is 1.71. The predicted molar refractivity (Wildman–Crippen MR) is 87.3 cm³/mol. The topological polar surface area (TPSA) is 61.1 Å². The van der Waals surface area contributed by atoms with E-state index in [2.05, 4.69) is 19.1 Å². The number of allylic oxidation sites excluding steroid dienone is 4. The number of carbonyl (C=O) groups excluding carboxylic acids is 1. The average Bonchev–Trinajstić information content (AvgIpc) is 2.79. The van der Waals surface area contributed by atoms with Crippen LogP contribution in [0.1, 0.15) is 64.7 Å². The fraction of sp³-hybridized carbons (Fsp3) is 0.700. The Kier molecular flexibility index (Phi) is 3.32. The molecule has 3 nitrogen and oxygen atoms in total. The van der Waals surface area contributed by atoms with E-state index in [1.165, 1.54) is 16.7 Å². The molecule has 4 aliphatic rings. The van der Waals surface area contributed by atoms with E-state index in [0.717, 1.165) is 38.5 Å². The molecule has 0 aromatic rings. The Morgan fingerprint density at radius 3 is 2.96 bits per heavy atom. The van der Waals surface area contributed by atoms with Gasteiger partial charge in [-0.15, -0.1) is 0 Å². The summed E-state index contributed by atoms with van der Waals surface area (Å²) in [5.74, 6) is 1.40. The average molecular weight is 311 g/mol. The summed E-state index contributed by atoms with van der Waals surface area (Å²) < 4.78 is 0. The highest BCUT2D eigenvalue weighted by Gasteiger charge is 2.59. The monoisotopic (exact) mass is 311 g/mol. The molecule has 4 aliphatic carbocycles. The quantitative estimate of drug-likeness (QED) is 0.800. The van der Waals surface area contributed by atoms with Crippen molar-refractivity contribution >= 4 is 5.78 Å². The molecule has 122 valence electrons. The summed E-state index contributed by atoms with van der Waals surface area (Å²) in [6.07, 6.45) is 9.68. The molecule has 3 heteroatoms. The largest absolute Gasteiger partial charge is 0.388 e. The van der Waals surface area contributed by atoms with Crippen LogP contribution in [0.15, 0.2) is 22.8 Å². The molecule has 4 atom stereocenters. The minimum absolute atomic E-state index is 0.167. The van der Waals surface area contributed by atoms with Crippen LogP contribution >= 0.6 is 0 Å².